The van der Waals surface area contributed by atoms with Crippen LogP contribution in [0.5, 0.6) is 0 Å². The Bertz CT molecular complexity index is 506. The summed E-state index contributed by atoms with van der Waals surface area (Å²) in [4.78, 5) is 23.6. The Hall–Kier alpha value is -1.50. The molecule has 0 spiro atoms. The molecule has 0 aromatic carbocycles. The molecule has 1 heterocycles. The molecule has 0 radical (unpaired) electrons. The number of carbonyl (C=O) groups excluding carboxylic acids is 2. The molecule has 0 saturated carbocycles. The Labute approximate surface area is 122 Å². The first-order chi connectivity index (χ1) is 9.66. The molecule has 0 bridgehead atoms. The molecule has 6 unspecified atom stereocenters. The largest absolute Gasteiger partial charge is 0.458 e. The average Bonchev–Trinajstić information content (AvgIpc) is 2.68. The molecule has 1 aliphatic carbocycles. The van der Waals surface area contributed by atoms with Gasteiger partial charge in [0, 0.05) is 5.57 Å². The van der Waals surface area contributed by atoms with Crippen molar-refractivity contribution in [1.29, 1.82) is 0 Å². The van der Waals surface area contributed by atoms with Crippen LogP contribution in [0.4, 0.5) is 0 Å². The zero-order chi connectivity index (χ0) is 15.9. The number of hydrogen-bond acceptors (Lipinski definition) is 6. The van der Waals surface area contributed by atoms with Gasteiger partial charge in [-0.1, -0.05) is 19.6 Å². The lowest BCUT2D eigenvalue weighted by Gasteiger charge is -2.35. The van der Waals surface area contributed by atoms with Gasteiger partial charge in [-0.05, 0) is 25.3 Å². The van der Waals surface area contributed by atoms with Crippen molar-refractivity contribution in [1.82, 2.24) is 0 Å². The van der Waals surface area contributed by atoms with Gasteiger partial charge < -0.3 is 20.1 Å². The topological polar surface area (TPSA) is 104 Å². The highest BCUT2D eigenvalue weighted by molar-refractivity contribution is 5.97. The first-order valence-corrected chi connectivity index (χ1v) is 6.87. The SMILES string of the molecule is C=C1C(=O)OC2CC(C)C=CC(=O)C(C)(O)C(O)C(O)C12. The van der Waals surface area contributed by atoms with E-state index in [-0.39, 0.29) is 11.5 Å². The van der Waals surface area contributed by atoms with Gasteiger partial charge in [-0.3, -0.25) is 4.79 Å². The molecular formula is C15H20O6. The van der Waals surface area contributed by atoms with E-state index in [1.54, 1.807) is 6.08 Å². The van der Waals surface area contributed by atoms with E-state index >= 15 is 0 Å². The van der Waals surface area contributed by atoms with Gasteiger partial charge in [-0.25, -0.2) is 4.79 Å². The van der Waals surface area contributed by atoms with Gasteiger partial charge in [0.05, 0.1) is 12.0 Å². The number of rotatable bonds is 0. The van der Waals surface area contributed by atoms with Crippen molar-refractivity contribution in [2.24, 2.45) is 11.8 Å². The maximum Gasteiger partial charge on any atom is 0.334 e. The third kappa shape index (κ3) is 2.66. The predicted molar refractivity (Wildman–Crippen MR) is 73.1 cm³/mol. The van der Waals surface area contributed by atoms with Crippen molar-refractivity contribution >= 4 is 11.8 Å². The summed E-state index contributed by atoms with van der Waals surface area (Å²) in [6, 6.07) is 0. The number of hydrogen-bond donors (Lipinski definition) is 3. The molecule has 1 saturated heterocycles. The maximum atomic E-state index is 12.0. The number of carbonyl (C=O) groups is 2. The van der Waals surface area contributed by atoms with Crippen LogP contribution in [-0.4, -0.2) is 51.0 Å². The van der Waals surface area contributed by atoms with Crippen molar-refractivity contribution in [3.05, 3.63) is 24.3 Å². The van der Waals surface area contributed by atoms with Gasteiger partial charge in [-0.15, -0.1) is 0 Å². The quantitative estimate of drug-likeness (QED) is 0.419. The predicted octanol–water partition coefficient (Wildman–Crippen LogP) is -0.278. The molecule has 2 aliphatic rings. The minimum Gasteiger partial charge on any atom is -0.458 e. The van der Waals surface area contributed by atoms with Gasteiger partial charge in [0.25, 0.3) is 0 Å². The van der Waals surface area contributed by atoms with Crippen molar-refractivity contribution in [3.63, 3.8) is 0 Å². The van der Waals surface area contributed by atoms with E-state index in [9.17, 15) is 24.9 Å². The Kier molecular flexibility index (Phi) is 4.06. The molecule has 21 heavy (non-hydrogen) atoms. The number of ketones is 1. The Balaban J connectivity index is 2.45. The molecule has 0 amide bonds. The number of allylic oxidation sites excluding steroid dienone is 1. The van der Waals surface area contributed by atoms with Crippen LogP contribution in [-0.2, 0) is 14.3 Å². The average molecular weight is 296 g/mol. The number of esters is 1. The molecule has 116 valence electrons. The summed E-state index contributed by atoms with van der Waals surface area (Å²) in [5.41, 5.74) is -2.10. The molecule has 0 aromatic rings. The second-order valence-corrected chi connectivity index (χ2v) is 6.01. The fraction of sp³-hybridized carbons (Fsp3) is 0.600. The lowest BCUT2D eigenvalue weighted by molar-refractivity contribution is -0.160. The fourth-order valence-corrected chi connectivity index (χ4v) is 2.81. The standard InChI is InChI=1S/C15H20O6/c1-7-4-5-10(16)15(3,20)13(18)12(17)11-8(2)14(19)21-9(11)6-7/h4-5,7,9,11-13,17-18,20H,2,6H2,1,3H3. The highest BCUT2D eigenvalue weighted by atomic mass is 16.6. The van der Waals surface area contributed by atoms with Crippen molar-refractivity contribution < 1.29 is 29.6 Å². The lowest BCUT2D eigenvalue weighted by atomic mass is 9.78. The van der Waals surface area contributed by atoms with E-state index in [2.05, 4.69) is 6.58 Å². The van der Waals surface area contributed by atoms with E-state index in [0.29, 0.717) is 6.42 Å². The van der Waals surface area contributed by atoms with E-state index in [4.69, 9.17) is 4.74 Å². The molecular weight excluding hydrogens is 276 g/mol. The highest BCUT2D eigenvalue weighted by Crippen LogP contribution is 2.37. The van der Waals surface area contributed by atoms with Crippen LogP contribution in [0, 0.1) is 11.8 Å². The van der Waals surface area contributed by atoms with Crippen LogP contribution in [0.2, 0.25) is 0 Å². The minimum absolute atomic E-state index is 0.0477. The monoisotopic (exact) mass is 296 g/mol. The third-order valence-corrected chi connectivity index (χ3v) is 4.27. The molecule has 1 fully saturated rings. The first kappa shape index (κ1) is 15.9. The van der Waals surface area contributed by atoms with Crippen LogP contribution < -0.4 is 0 Å². The van der Waals surface area contributed by atoms with Gasteiger partial charge in [0.1, 0.15) is 12.2 Å². The van der Waals surface area contributed by atoms with Crippen LogP contribution in [0.25, 0.3) is 0 Å². The Morgan fingerprint density at radius 1 is 1.38 bits per heavy atom. The van der Waals surface area contributed by atoms with Gasteiger partial charge >= 0.3 is 5.97 Å². The van der Waals surface area contributed by atoms with Crippen molar-refractivity contribution in [3.8, 4) is 0 Å². The summed E-state index contributed by atoms with van der Waals surface area (Å²) in [5, 5.41) is 30.7. The summed E-state index contributed by atoms with van der Waals surface area (Å²) in [6.45, 7) is 6.55. The number of ether oxygens (including phenoxy) is 1. The smallest absolute Gasteiger partial charge is 0.334 e. The van der Waals surface area contributed by atoms with E-state index in [1.165, 1.54) is 6.08 Å². The fourth-order valence-electron chi connectivity index (χ4n) is 2.81. The summed E-state index contributed by atoms with van der Waals surface area (Å²) in [5.74, 6) is -2.27. The number of fused-ring (bicyclic) bond motifs is 1. The lowest BCUT2D eigenvalue weighted by Crippen LogP contribution is -2.55. The van der Waals surface area contributed by atoms with E-state index in [0.717, 1.165) is 6.92 Å². The minimum atomic E-state index is -2.15. The second kappa shape index (κ2) is 5.36. The molecule has 1 aliphatic heterocycles. The molecule has 0 aromatic heterocycles. The first-order valence-electron chi connectivity index (χ1n) is 6.87. The van der Waals surface area contributed by atoms with Crippen molar-refractivity contribution in [2.45, 2.75) is 44.2 Å². The van der Waals surface area contributed by atoms with Crippen LogP contribution in [0.3, 0.4) is 0 Å². The van der Waals surface area contributed by atoms with Crippen LogP contribution in [0.15, 0.2) is 24.3 Å². The van der Waals surface area contributed by atoms with Gasteiger partial charge in [0.15, 0.2) is 11.4 Å². The Morgan fingerprint density at radius 3 is 2.62 bits per heavy atom. The van der Waals surface area contributed by atoms with Gasteiger partial charge in [0.2, 0.25) is 0 Å². The third-order valence-electron chi connectivity index (χ3n) is 4.27. The summed E-state index contributed by atoms with van der Waals surface area (Å²) < 4.78 is 5.18. The maximum absolute atomic E-state index is 12.0. The highest BCUT2D eigenvalue weighted by Gasteiger charge is 2.51. The molecule has 2 rings (SSSR count). The van der Waals surface area contributed by atoms with E-state index in [1.807, 2.05) is 6.92 Å². The summed E-state index contributed by atoms with van der Waals surface area (Å²) >= 11 is 0. The van der Waals surface area contributed by atoms with E-state index < -0.39 is 41.6 Å². The van der Waals surface area contributed by atoms with Crippen LogP contribution >= 0.6 is 0 Å². The second-order valence-electron chi connectivity index (χ2n) is 6.01. The van der Waals surface area contributed by atoms with Gasteiger partial charge in [-0.2, -0.15) is 0 Å². The normalized spacial score (nSPS) is 44.4. The Morgan fingerprint density at radius 2 is 2.00 bits per heavy atom. The zero-order valence-electron chi connectivity index (χ0n) is 12.0. The summed E-state index contributed by atoms with van der Waals surface area (Å²) in [6.07, 6.45) is -0.739. The molecule has 6 heteroatoms. The van der Waals surface area contributed by atoms with Crippen LogP contribution in [0.1, 0.15) is 20.3 Å². The molecule has 3 N–H and O–H groups in total. The number of aliphatic hydroxyl groups is 3. The van der Waals surface area contributed by atoms with Crippen molar-refractivity contribution in [2.75, 3.05) is 0 Å². The number of aliphatic hydroxyl groups excluding tert-OH is 2. The zero-order valence-corrected chi connectivity index (χ0v) is 12.0. The molecule has 6 atom stereocenters. The molecule has 6 nitrogen and oxygen atoms in total. The summed E-state index contributed by atoms with van der Waals surface area (Å²) in [7, 11) is 0.